The van der Waals surface area contributed by atoms with E-state index in [1.165, 1.54) is 19.0 Å². The first-order chi connectivity index (χ1) is 19.3. The number of carbonyl (C=O) groups excluding carboxylic acids is 3. The van der Waals surface area contributed by atoms with Crippen LogP contribution in [0.1, 0.15) is 31.4 Å². The summed E-state index contributed by atoms with van der Waals surface area (Å²) in [6.45, 7) is 1.73. The van der Waals surface area contributed by atoms with Gasteiger partial charge in [0.05, 0.1) is 23.6 Å². The van der Waals surface area contributed by atoms with Crippen molar-refractivity contribution in [3.8, 4) is 28.4 Å². The topological polar surface area (TPSA) is 200 Å². The maximum absolute atomic E-state index is 14.1. The number of ether oxygens (including phenoxy) is 2. The number of fused-ring (bicyclic) bond motifs is 4. The number of rotatable bonds is 3. The molecule has 12 nitrogen and oxygen atoms in total. The van der Waals surface area contributed by atoms with Gasteiger partial charge in [0.15, 0.2) is 22.9 Å². The second-order valence-corrected chi connectivity index (χ2v) is 11.0. The van der Waals surface area contributed by atoms with Gasteiger partial charge in [0.1, 0.15) is 22.8 Å². The summed E-state index contributed by atoms with van der Waals surface area (Å²) in [5, 5.41) is 57.4. The number of phenolic OH excluding ortho intramolecular Hbond substituents is 1. The molecule has 0 aromatic heterocycles. The minimum absolute atomic E-state index is 0. The number of carbonyl (C=O) groups is 3. The normalized spacial score (nSPS) is 29.6. The highest BCUT2D eigenvalue weighted by Gasteiger charge is 2.68. The molecule has 12 heteroatoms. The number of primary amides is 1. The first-order valence-electron chi connectivity index (χ1n) is 12.9. The summed E-state index contributed by atoms with van der Waals surface area (Å²) in [6, 6.07) is 6.89. The number of Topliss-reactive ketones (excluding diaryl/α,β-unsaturated/α-hetero) is 2. The van der Waals surface area contributed by atoms with E-state index >= 15 is 0 Å². The molecule has 0 spiro atoms. The lowest BCUT2D eigenvalue weighted by Gasteiger charge is -2.53. The molecule has 1 amide bonds. The Morgan fingerprint density at radius 2 is 1.74 bits per heavy atom. The van der Waals surface area contributed by atoms with Crippen molar-refractivity contribution in [3.63, 3.8) is 0 Å². The molecule has 1 heterocycles. The summed E-state index contributed by atoms with van der Waals surface area (Å²) < 4.78 is 10.8. The third-order valence-corrected chi connectivity index (χ3v) is 8.81. The SMILES string of the molecule is C.C[C@@H]1c2ccc(-c3ccc4c(c3)OCO4)c(O)c2C(O)=C2C(=O)[C@@]3(O)C(O)=C(C(N)=O)C(=O)[C@H](N(C)C)[C@H]3[C@H](O)[C@@H]21. The van der Waals surface area contributed by atoms with Gasteiger partial charge in [-0.05, 0) is 43.3 Å². The minimum Gasteiger partial charge on any atom is -0.508 e. The van der Waals surface area contributed by atoms with E-state index in [1.54, 1.807) is 37.3 Å². The van der Waals surface area contributed by atoms with Crippen molar-refractivity contribution in [3.05, 3.63) is 58.4 Å². The van der Waals surface area contributed by atoms with E-state index in [2.05, 4.69) is 0 Å². The lowest BCUT2D eigenvalue weighted by Crippen LogP contribution is -2.70. The Morgan fingerprint density at radius 1 is 1.07 bits per heavy atom. The van der Waals surface area contributed by atoms with Gasteiger partial charge < -0.3 is 40.7 Å². The molecule has 42 heavy (non-hydrogen) atoms. The quantitative estimate of drug-likeness (QED) is 0.288. The van der Waals surface area contributed by atoms with E-state index < -0.39 is 75.6 Å². The number of nitrogens with two attached hydrogens (primary N) is 1. The van der Waals surface area contributed by atoms with Gasteiger partial charge in [-0.1, -0.05) is 32.5 Å². The molecule has 222 valence electrons. The Hall–Kier alpha value is -4.39. The Balaban J connectivity index is 0.00000353. The van der Waals surface area contributed by atoms with Crippen LogP contribution in [0.25, 0.3) is 16.9 Å². The summed E-state index contributed by atoms with van der Waals surface area (Å²) >= 11 is 0. The second kappa shape index (κ2) is 9.58. The van der Waals surface area contributed by atoms with Crippen molar-refractivity contribution in [1.29, 1.82) is 0 Å². The number of benzene rings is 2. The van der Waals surface area contributed by atoms with Gasteiger partial charge in [-0.25, -0.2) is 0 Å². The van der Waals surface area contributed by atoms with Gasteiger partial charge in [0.2, 0.25) is 12.6 Å². The number of amides is 1. The lowest BCUT2D eigenvalue weighted by atomic mass is 9.54. The van der Waals surface area contributed by atoms with E-state index in [9.17, 15) is 39.9 Å². The molecule has 4 aliphatic rings. The zero-order valence-electron chi connectivity index (χ0n) is 22.3. The predicted octanol–water partition coefficient (Wildman–Crippen LogP) is 1.53. The van der Waals surface area contributed by atoms with E-state index in [1.807, 2.05) is 0 Å². The van der Waals surface area contributed by atoms with Gasteiger partial charge >= 0.3 is 0 Å². The van der Waals surface area contributed by atoms with Crippen molar-refractivity contribution < 1.29 is 49.4 Å². The number of phenols is 1. The van der Waals surface area contributed by atoms with Gasteiger partial charge in [0, 0.05) is 17.1 Å². The molecule has 3 aliphatic carbocycles. The highest BCUT2D eigenvalue weighted by atomic mass is 16.7. The van der Waals surface area contributed by atoms with Crippen LogP contribution in [0.5, 0.6) is 17.2 Å². The van der Waals surface area contributed by atoms with Crippen molar-refractivity contribution in [1.82, 2.24) is 4.90 Å². The Labute approximate surface area is 240 Å². The standard InChI is InChI=1S/C29H28N2O10.CH4/c1-10-12-5-6-13(11-4-7-14-15(8-11)41-9-40-14)22(32)17(12)23(33)18-16(10)24(34)20-21(31(2)3)25(35)19(28(30)38)27(37)29(20,39)26(18)36;/h4-8,10,16,20-21,24,32-34,37,39H,9H2,1-3H3,(H2,30,38);1H4/t10-,16-,20+,21-,24-,29-;/m1./s1. The summed E-state index contributed by atoms with van der Waals surface area (Å²) in [4.78, 5) is 40.9. The number of aromatic hydroxyl groups is 1. The molecule has 6 atom stereocenters. The van der Waals surface area contributed by atoms with Crippen LogP contribution in [-0.2, 0) is 14.4 Å². The number of nitrogens with zero attached hydrogens (tertiary/aromatic N) is 1. The molecule has 0 unspecified atom stereocenters. The third-order valence-electron chi connectivity index (χ3n) is 8.81. The predicted molar refractivity (Wildman–Crippen MR) is 149 cm³/mol. The molecule has 0 saturated heterocycles. The number of hydrogen-bond acceptors (Lipinski definition) is 11. The van der Waals surface area contributed by atoms with Gasteiger partial charge in [-0.15, -0.1) is 0 Å². The largest absolute Gasteiger partial charge is 0.508 e. The molecule has 2 aromatic rings. The molecule has 2 aromatic carbocycles. The van der Waals surface area contributed by atoms with Crippen LogP contribution in [-0.4, -0.2) is 86.5 Å². The summed E-state index contributed by atoms with van der Waals surface area (Å²) in [5.41, 5.74) is 2.14. The van der Waals surface area contributed by atoms with E-state index in [0.29, 0.717) is 28.2 Å². The molecule has 1 aliphatic heterocycles. The molecule has 6 rings (SSSR count). The number of ketones is 2. The Morgan fingerprint density at radius 3 is 2.38 bits per heavy atom. The van der Waals surface area contributed by atoms with Crippen LogP contribution < -0.4 is 15.2 Å². The fourth-order valence-corrected chi connectivity index (χ4v) is 6.91. The Bertz CT molecular complexity index is 1630. The smallest absolute Gasteiger partial charge is 0.255 e. The molecule has 1 saturated carbocycles. The maximum Gasteiger partial charge on any atom is 0.255 e. The van der Waals surface area contributed by atoms with Crippen LogP contribution in [0.2, 0.25) is 0 Å². The first-order valence-corrected chi connectivity index (χ1v) is 12.9. The fraction of sp³-hybridized carbons (Fsp3) is 0.367. The molecule has 7 N–H and O–H groups in total. The average molecular weight is 581 g/mol. The van der Waals surface area contributed by atoms with Crippen LogP contribution in [0.4, 0.5) is 0 Å². The van der Waals surface area contributed by atoms with Crippen molar-refractivity contribution >= 4 is 23.2 Å². The zero-order chi connectivity index (χ0) is 29.7. The molecule has 1 fully saturated rings. The maximum atomic E-state index is 14.1. The summed E-state index contributed by atoms with van der Waals surface area (Å²) in [5.74, 6) is -8.31. The van der Waals surface area contributed by atoms with Gasteiger partial charge in [-0.3, -0.25) is 19.3 Å². The number of aliphatic hydroxyl groups is 4. The highest BCUT2D eigenvalue weighted by molar-refractivity contribution is 6.24. The highest BCUT2D eigenvalue weighted by Crippen LogP contribution is 2.57. The van der Waals surface area contributed by atoms with Crippen LogP contribution >= 0.6 is 0 Å². The van der Waals surface area contributed by atoms with Crippen LogP contribution in [0.15, 0.2) is 47.2 Å². The Kier molecular flexibility index (Phi) is 6.64. The first kappa shape index (κ1) is 29.1. The summed E-state index contributed by atoms with van der Waals surface area (Å²) in [6.07, 6.45) is -1.65. The number of likely N-dealkylation sites (N-methyl/N-ethyl adjacent to an activating group) is 1. The lowest BCUT2D eigenvalue weighted by molar-refractivity contribution is -0.169. The molecule has 0 radical (unpaired) electrons. The second-order valence-electron chi connectivity index (χ2n) is 11.0. The van der Waals surface area contributed by atoms with Crippen molar-refractivity contribution in [2.45, 2.75) is 38.0 Å². The number of hydrogen-bond donors (Lipinski definition) is 6. The van der Waals surface area contributed by atoms with E-state index in [4.69, 9.17) is 15.2 Å². The molecule has 0 bridgehead atoms. The van der Waals surface area contributed by atoms with Gasteiger partial charge in [-0.2, -0.15) is 0 Å². The third kappa shape index (κ3) is 3.55. The monoisotopic (exact) mass is 580 g/mol. The van der Waals surface area contributed by atoms with Gasteiger partial charge in [0.25, 0.3) is 5.91 Å². The van der Waals surface area contributed by atoms with Crippen molar-refractivity contribution in [2.75, 3.05) is 20.9 Å². The fourth-order valence-electron chi connectivity index (χ4n) is 6.91. The minimum atomic E-state index is -2.96. The number of aliphatic hydroxyl groups excluding tert-OH is 3. The zero-order valence-corrected chi connectivity index (χ0v) is 22.3. The summed E-state index contributed by atoms with van der Waals surface area (Å²) in [7, 11) is 2.92. The van der Waals surface area contributed by atoms with Crippen LogP contribution in [0, 0.1) is 11.8 Å². The molecular weight excluding hydrogens is 548 g/mol. The van der Waals surface area contributed by atoms with Crippen molar-refractivity contribution in [2.24, 2.45) is 17.6 Å². The molecular formula is C30H32N2O10. The van der Waals surface area contributed by atoms with E-state index in [-0.39, 0.29) is 25.5 Å². The van der Waals surface area contributed by atoms with E-state index in [0.717, 1.165) is 0 Å². The van der Waals surface area contributed by atoms with Crippen LogP contribution in [0.3, 0.4) is 0 Å². The average Bonchev–Trinajstić information content (AvgIpc) is 3.38.